The molecule has 29 heavy (non-hydrogen) atoms. The number of anilines is 1. The van der Waals surface area contributed by atoms with Gasteiger partial charge in [-0.3, -0.25) is 4.79 Å². The Bertz CT molecular complexity index is 971. The molecule has 1 fully saturated rings. The third kappa shape index (κ3) is 5.07. The van der Waals surface area contributed by atoms with Crippen LogP contribution in [0.4, 0.5) is 5.69 Å². The van der Waals surface area contributed by atoms with Gasteiger partial charge in [-0.25, -0.2) is 13.1 Å². The quantitative estimate of drug-likeness (QED) is 0.712. The van der Waals surface area contributed by atoms with Crippen molar-refractivity contribution in [3.8, 4) is 11.5 Å². The van der Waals surface area contributed by atoms with Gasteiger partial charge >= 0.3 is 0 Å². The van der Waals surface area contributed by atoms with E-state index in [0.29, 0.717) is 24.4 Å². The number of methoxy groups -OCH3 is 1. The van der Waals surface area contributed by atoms with Crippen LogP contribution in [-0.4, -0.2) is 34.1 Å². The summed E-state index contributed by atoms with van der Waals surface area (Å²) in [6.45, 7) is 4.59. The van der Waals surface area contributed by atoms with Gasteiger partial charge in [-0.2, -0.15) is 0 Å². The molecule has 1 heterocycles. The number of nitrogens with one attached hydrogen (secondary N) is 1. The van der Waals surface area contributed by atoms with Crippen molar-refractivity contribution in [1.29, 1.82) is 0 Å². The van der Waals surface area contributed by atoms with Gasteiger partial charge in [-0.15, -0.1) is 0 Å². The van der Waals surface area contributed by atoms with Crippen molar-refractivity contribution in [3.05, 3.63) is 48.0 Å². The lowest BCUT2D eigenvalue weighted by molar-refractivity contribution is -0.117. The van der Waals surface area contributed by atoms with E-state index < -0.39 is 10.0 Å². The SMILES string of the molecule is COc1ccc(S(=O)(=O)NCc2ccc(OC(C)C)cc2)cc1N1CCCC1=O. The van der Waals surface area contributed by atoms with E-state index in [-0.39, 0.29) is 23.5 Å². The summed E-state index contributed by atoms with van der Waals surface area (Å²) in [5, 5.41) is 0. The molecule has 156 valence electrons. The van der Waals surface area contributed by atoms with Gasteiger partial charge in [-0.1, -0.05) is 12.1 Å². The molecule has 8 heteroatoms. The first-order chi connectivity index (χ1) is 13.8. The average molecular weight is 419 g/mol. The Morgan fingerprint density at radius 2 is 1.86 bits per heavy atom. The molecule has 0 aliphatic carbocycles. The Labute approximate surface area is 171 Å². The van der Waals surface area contributed by atoms with Gasteiger partial charge in [0.15, 0.2) is 0 Å². The van der Waals surface area contributed by atoms with Gasteiger partial charge in [0.05, 0.1) is 23.8 Å². The highest BCUT2D eigenvalue weighted by molar-refractivity contribution is 7.89. The summed E-state index contributed by atoms with van der Waals surface area (Å²) in [6, 6.07) is 11.8. The Kier molecular flexibility index (Phi) is 6.44. The van der Waals surface area contributed by atoms with E-state index >= 15 is 0 Å². The molecule has 0 radical (unpaired) electrons. The zero-order valence-corrected chi connectivity index (χ0v) is 17.7. The molecule has 0 saturated carbocycles. The first-order valence-corrected chi connectivity index (χ1v) is 11.0. The highest BCUT2D eigenvalue weighted by Gasteiger charge is 2.26. The third-order valence-electron chi connectivity index (χ3n) is 4.59. The normalized spacial score (nSPS) is 14.5. The van der Waals surface area contributed by atoms with Crippen LogP contribution in [0.3, 0.4) is 0 Å². The zero-order valence-electron chi connectivity index (χ0n) is 16.8. The standard InChI is InChI=1S/C21H26N2O5S/c1-15(2)28-17-8-6-16(7-9-17)14-22-29(25,26)18-10-11-20(27-3)19(13-18)23-12-4-5-21(23)24/h6-11,13,15,22H,4-5,12,14H2,1-3H3. The Morgan fingerprint density at radius 1 is 1.14 bits per heavy atom. The smallest absolute Gasteiger partial charge is 0.240 e. The largest absolute Gasteiger partial charge is 0.495 e. The summed E-state index contributed by atoms with van der Waals surface area (Å²) < 4.78 is 39.1. The Morgan fingerprint density at radius 3 is 2.45 bits per heavy atom. The number of hydrogen-bond acceptors (Lipinski definition) is 5. The molecule has 2 aromatic rings. The van der Waals surface area contributed by atoms with Crippen LogP contribution < -0.4 is 19.1 Å². The topological polar surface area (TPSA) is 84.9 Å². The van der Waals surface area contributed by atoms with Crippen LogP contribution in [0.1, 0.15) is 32.3 Å². The monoisotopic (exact) mass is 418 g/mol. The van der Waals surface area contributed by atoms with Crippen molar-refractivity contribution in [2.45, 2.75) is 44.2 Å². The van der Waals surface area contributed by atoms with E-state index in [1.807, 2.05) is 38.1 Å². The van der Waals surface area contributed by atoms with E-state index in [0.717, 1.165) is 17.7 Å². The molecular formula is C21H26N2O5S. The van der Waals surface area contributed by atoms with Gasteiger partial charge in [0.2, 0.25) is 15.9 Å². The second-order valence-electron chi connectivity index (χ2n) is 7.12. The predicted molar refractivity (Wildman–Crippen MR) is 111 cm³/mol. The molecule has 0 atom stereocenters. The minimum absolute atomic E-state index is 0.0329. The van der Waals surface area contributed by atoms with Gasteiger partial charge in [0.25, 0.3) is 0 Å². The molecule has 1 saturated heterocycles. The maximum Gasteiger partial charge on any atom is 0.240 e. The summed E-state index contributed by atoms with van der Waals surface area (Å²) >= 11 is 0. The van der Waals surface area contributed by atoms with Crippen molar-refractivity contribution in [2.75, 3.05) is 18.6 Å². The Hall–Kier alpha value is -2.58. The summed E-state index contributed by atoms with van der Waals surface area (Å²) in [7, 11) is -2.26. The van der Waals surface area contributed by atoms with Gasteiger partial charge in [0.1, 0.15) is 11.5 Å². The fourth-order valence-electron chi connectivity index (χ4n) is 3.17. The Balaban J connectivity index is 1.76. The van der Waals surface area contributed by atoms with Crippen LogP contribution >= 0.6 is 0 Å². The number of rotatable bonds is 8. The van der Waals surface area contributed by atoms with Crippen LogP contribution in [0.2, 0.25) is 0 Å². The second-order valence-corrected chi connectivity index (χ2v) is 8.88. The van der Waals surface area contributed by atoms with E-state index in [1.54, 1.807) is 11.0 Å². The fraction of sp³-hybridized carbons (Fsp3) is 0.381. The number of amides is 1. The summed E-state index contributed by atoms with van der Waals surface area (Å²) in [4.78, 5) is 13.8. The number of hydrogen-bond donors (Lipinski definition) is 1. The lowest BCUT2D eigenvalue weighted by Gasteiger charge is -2.20. The van der Waals surface area contributed by atoms with Gasteiger partial charge < -0.3 is 14.4 Å². The highest BCUT2D eigenvalue weighted by atomic mass is 32.2. The van der Waals surface area contributed by atoms with E-state index in [9.17, 15) is 13.2 Å². The molecule has 0 spiro atoms. The maximum atomic E-state index is 12.8. The number of carbonyl (C=O) groups excluding carboxylic acids is 1. The first-order valence-electron chi connectivity index (χ1n) is 9.54. The highest BCUT2D eigenvalue weighted by Crippen LogP contribution is 2.33. The van der Waals surface area contributed by atoms with Crippen LogP contribution in [0.5, 0.6) is 11.5 Å². The predicted octanol–water partition coefficient (Wildman–Crippen LogP) is 3.09. The molecular weight excluding hydrogens is 392 g/mol. The molecule has 0 bridgehead atoms. The third-order valence-corrected chi connectivity index (χ3v) is 5.99. The molecule has 1 aliphatic heterocycles. The van der Waals surface area contributed by atoms with E-state index in [2.05, 4.69) is 4.72 Å². The number of carbonyl (C=O) groups is 1. The molecule has 1 N–H and O–H groups in total. The van der Waals surface area contributed by atoms with Crippen LogP contribution in [0.25, 0.3) is 0 Å². The minimum Gasteiger partial charge on any atom is -0.495 e. The second kappa shape index (κ2) is 8.84. The zero-order chi connectivity index (χ0) is 21.0. The number of ether oxygens (including phenoxy) is 2. The van der Waals surface area contributed by atoms with Crippen LogP contribution in [0.15, 0.2) is 47.4 Å². The number of nitrogens with zero attached hydrogens (tertiary/aromatic N) is 1. The van der Waals surface area contributed by atoms with E-state index in [4.69, 9.17) is 9.47 Å². The number of sulfonamides is 1. The molecule has 1 amide bonds. The van der Waals surface area contributed by atoms with Gasteiger partial charge in [0, 0.05) is 19.5 Å². The lowest BCUT2D eigenvalue weighted by atomic mass is 10.2. The first kappa shape index (κ1) is 21.1. The molecule has 3 rings (SSSR count). The summed E-state index contributed by atoms with van der Waals surface area (Å²) in [5.74, 6) is 1.18. The molecule has 0 unspecified atom stereocenters. The van der Waals surface area contributed by atoms with Crippen LogP contribution in [0, 0.1) is 0 Å². The summed E-state index contributed by atoms with van der Waals surface area (Å²) in [6.07, 6.45) is 1.27. The van der Waals surface area contributed by atoms with Crippen molar-refractivity contribution in [1.82, 2.24) is 4.72 Å². The summed E-state index contributed by atoms with van der Waals surface area (Å²) in [5.41, 5.74) is 1.29. The number of benzene rings is 2. The maximum absolute atomic E-state index is 12.8. The minimum atomic E-state index is -3.76. The molecule has 1 aliphatic rings. The average Bonchev–Trinajstić information content (AvgIpc) is 3.12. The van der Waals surface area contributed by atoms with Crippen molar-refractivity contribution in [2.24, 2.45) is 0 Å². The van der Waals surface area contributed by atoms with Crippen molar-refractivity contribution >= 4 is 21.6 Å². The molecule has 0 aromatic heterocycles. The lowest BCUT2D eigenvalue weighted by Crippen LogP contribution is -2.26. The van der Waals surface area contributed by atoms with E-state index in [1.165, 1.54) is 19.2 Å². The van der Waals surface area contributed by atoms with Crippen LogP contribution in [-0.2, 0) is 21.4 Å². The van der Waals surface area contributed by atoms with Crippen molar-refractivity contribution in [3.63, 3.8) is 0 Å². The molecule has 2 aromatic carbocycles. The van der Waals surface area contributed by atoms with Crippen molar-refractivity contribution < 1.29 is 22.7 Å². The van der Waals surface area contributed by atoms with Gasteiger partial charge in [-0.05, 0) is 56.2 Å². The fourth-order valence-corrected chi connectivity index (χ4v) is 4.21. The molecule has 7 nitrogen and oxygen atoms in total.